The largest absolute Gasteiger partial charge is 0.611 e. The number of hydrogen-bond donors (Lipinski definition) is 0. The van der Waals surface area contributed by atoms with E-state index in [1.807, 2.05) is 31.2 Å². The van der Waals surface area contributed by atoms with Crippen LogP contribution in [0.15, 0.2) is 29.2 Å². The Morgan fingerprint density at radius 1 is 1.36 bits per heavy atom. The van der Waals surface area contributed by atoms with Gasteiger partial charge in [-0.25, -0.2) is 0 Å². The summed E-state index contributed by atoms with van der Waals surface area (Å²) in [5.41, 5.74) is 1.20. The van der Waals surface area contributed by atoms with E-state index in [4.69, 9.17) is 4.74 Å². The first-order chi connectivity index (χ1) is 6.77. The SMILES string of the molecule is Cc1ccc([S+]([O-])C2CCOC2)cc1. The molecule has 0 saturated carbocycles. The molecule has 2 nitrogen and oxygen atoms in total. The quantitative estimate of drug-likeness (QED) is 0.698. The molecular weight excluding hydrogens is 196 g/mol. The lowest BCUT2D eigenvalue weighted by Gasteiger charge is -2.15. The molecule has 0 amide bonds. The third-order valence-corrected chi connectivity index (χ3v) is 4.16. The maximum atomic E-state index is 12.0. The number of hydrogen-bond acceptors (Lipinski definition) is 2. The molecule has 1 aliphatic heterocycles. The van der Waals surface area contributed by atoms with Gasteiger partial charge in [-0.3, -0.25) is 0 Å². The maximum absolute atomic E-state index is 12.0. The highest BCUT2D eigenvalue weighted by molar-refractivity contribution is 7.92. The monoisotopic (exact) mass is 210 g/mol. The highest BCUT2D eigenvalue weighted by atomic mass is 32.2. The minimum atomic E-state index is -0.892. The van der Waals surface area contributed by atoms with Crippen LogP contribution in [-0.2, 0) is 15.9 Å². The van der Waals surface area contributed by atoms with Crippen LogP contribution < -0.4 is 0 Å². The van der Waals surface area contributed by atoms with Crippen LogP contribution in [-0.4, -0.2) is 23.0 Å². The van der Waals surface area contributed by atoms with E-state index in [1.165, 1.54) is 5.56 Å². The predicted molar refractivity (Wildman–Crippen MR) is 56.8 cm³/mol. The van der Waals surface area contributed by atoms with Crippen LogP contribution in [0.3, 0.4) is 0 Å². The van der Waals surface area contributed by atoms with Crippen LogP contribution in [0.5, 0.6) is 0 Å². The molecule has 3 heteroatoms. The van der Waals surface area contributed by atoms with Gasteiger partial charge in [0.1, 0.15) is 5.25 Å². The molecule has 2 atom stereocenters. The van der Waals surface area contributed by atoms with Crippen molar-refractivity contribution in [1.29, 1.82) is 0 Å². The summed E-state index contributed by atoms with van der Waals surface area (Å²) in [5, 5.41) is 0.192. The van der Waals surface area contributed by atoms with E-state index in [0.29, 0.717) is 6.61 Å². The van der Waals surface area contributed by atoms with Crippen molar-refractivity contribution in [2.75, 3.05) is 13.2 Å². The normalized spacial score (nSPS) is 23.7. The second kappa shape index (κ2) is 4.34. The first kappa shape index (κ1) is 10.0. The zero-order valence-electron chi connectivity index (χ0n) is 8.23. The van der Waals surface area contributed by atoms with Gasteiger partial charge in [-0.05, 0) is 30.2 Å². The molecule has 0 aromatic heterocycles. The van der Waals surface area contributed by atoms with E-state index in [1.54, 1.807) is 0 Å². The average Bonchev–Trinajstić information content (AvgIpc) is 2.71. The Kier molecular flexibility index (Phi) is 3.11. The molecule has 1 saturated heterocycles. The molecule has 2 unspecified atom stereocenters. The average molecular weight is 210 g/mol. The molecule has 1 fully saturated rings. The molecule has 76 valence electrons. The van der Waals surface area contributed by atoms with E-state index in [-0.39, 0.29) is 5.25 Å². The standard InChI is InChI=1S/C11H14O2S/c1-9-2-4-10(5-3-9)14(12)11-6-7-13-8-11/h2-5,11H,6-8H2,1H3. The van der Waals surface area contributed by atoms with E-state index in [0.717, 1.165) is 17.9 Å². The Morgan fingerprint density at radius 3 is 2.64 bits per heavy atom. The van der Waals surface area contributed by atoms with Gasteiger partial charge in [-0.1, -0.05) is 17.7 Å². The van der Waals surface area contributed by atoms with Gasteiger partial charge < -0.3 is 9.29 Å². The van der Waals surface area contributed by atoms with E-state index in [2.05, 4.69) is 0 Å². The molecule has 1 aromatic rings. The third kappa shape index (κ3) is 2.11. The third-order valence-electron chi connectivity index (χ3n) is 2.44. The van der Waals surface area contributed by atoms with Crippen LogP contribution in [0, 0.1) is 6.92 Å². The molecule has 2 rings (SSSR count). The van der Waals surface area contributed by atoms with Crippen molar-refractivity contribution in [2.24, 2.45) is 0 Å². The van der Waals surface area contributed by atoms with Crippen molar-refractivity contribution in [3.05, 3.63) is 29.8 Å². The number of aryl methyl sites for hydroxylation is 1. The van der Waals surface area contributed by atoms with Crippen LogP contribution in [0.4, 0.5) is 0 Å². The summed E-state index contributed by atoms with van der Waals surface area (Å²) < 4.78 is 17.2. The van der Waals surface area contributed by atoms with Crippen LogP contribution in [0.25, 0.3) is 0 Å². The predicted octanol–water partition coefficient (Wildman–Crippen LogP) is 1.89. The topological polar surface area (TPSA) is 32.3 Å². The van der Waals surface area contributed by atoms with Gasteiger partial charge in [0.2, 0.25) is 0 Å². The van der Waals surface area contributed by atoms with Crippen molar-refractivity contribution in [3.63, 3.8) is 0 Å². The molecule has 14 heavy (non-hydrogen) atoms. The Morgan fingerprint density at radius 2 is 2.07 bits per heavy atom. The van der Waals surface area contributed by atoms with Crippen LogP contribution in [0.2, 0.25) is 0 Å². The molecule has 0 radical (unpaired) electrons. The molecular formula is C11H14O2S. The smallest absolute Gasteiger partial charge is 0.153 e. The lowest BCUT2D eigenvalue weighted by atomic mass is 10.2. The number of benzene rings is 1. The molecule has 1 aromatic carbocycles. The Labute approximate surface area is 87.5 Å². The fraction of sp³-hybridized carbons (Fsp3) is 0.455. The van der Waals surface area contributed by atoms with Gasteiger partial charge in [0, 0.05) is 6.42 Å². The molecule has 0 N–H and O–H groups in total. The second-order valence-corrected chi connectivity index (χ2v) is 5.33. The fourth-order valence-electron chi connectivity index (χ4n) is 1.55. The lowest BCUT2D eigenvalue weighted by molar-refractivity contribution is 0.198. The summed E-state index contributed by atoms with van der Waals surface area (Å²) in [6.07, 6.45) is 0.917. The molecule has 0 aliphatic carbocycles. The van der Waals surface area contributed by atoms with Gasteiger partial charge in [0.15, 0.2) is 4.90 Å². The Bertz CT molecular complexity index is 291. The Hall–Kier alpha value is -0.510. The molecule has 1 aliphatic rings. The molecule has 0 bridgehead atoms. The first-order valence-electron chi connectivity index (χ1n) is 4.82. The van der Waals surface area contributed by atoms with Crippen LogP contribution in [0.1, 0.15) is 12.0 Å². The van der Waals surface area contributed by atoms with Crippen molar-refractivity contribution in [2.45, 2.75) is 23.5 Å². The zero-order valence-corrected chi connectivity index (χ0v) is 9.05. The van der Waals surface area contributed by atoms with E-state index in [9.17, 15) is 4.55 Å². The highest BCUT2D eigenvalue weighted by Crippen LogP contribution is 2.22. The molecule has 0 spiro atoms. The minimum absolute atomic E-state index is 0.192. The second-order valence-electron chi connectivity index (χ2n) is 3.60. The summed E-state index contributed by atoms with van der Waals surface area (Å²) in [6, 6.07) is 7.90. The van der Waals surface area contributed by atoms with Gasteiger partial charge in [0.05, 0.1) is 13.2 Å². The highest BCUT2D eigenvalue weighted by Gasteiger charge is 2.28. The van der Waals surface area contributed by atoms with Crippen molar-refractivity contribution < 1.29 is 9.29 Å². The van der Waals surface area contributed by atoms with Gasteiger partial charge in [-0.2, -0.15) is 0 Å². The first-order valence-corrected chi connectivity index (χ1v) is 6.03. The van der Waals surface area contributed by atoms with Crippen LogP contribution >= 0.6 is 0 Å². The summed E-state index contributed by atoms with van der Waals surface area (Å²) in [5.74, 6) is 0. The number of rotatable bonds is 2. The van der Waals surface area contributed by atoms with Crippen molar-refractivity contribution in [1.82, 2.24) is 0 Å². The molecule has 1 heterocycles. The van der Waals surface area contributed by atoms with Gasteiger partial charge in [-0.15, -0.1) is 0 Å². The summed E-state index contributed by atoms with van der Waals surface area (Å²) in [6.45, 7) is 3.42. The van der Waals surface area contributed by atoms with Crippen molar-refractivity contribution >= 4 is 11.2 Å². The number of ether oxygens (including phenoxy) is 1. The summed E-state index contributed by atoms with van der Waals surface area (Å²) in [4.78, 5) is 0.922. The minimum Gasteiger partial charge on any atom is -0.611 e. The van der Waals surface area contributed by atoms with E-state index < -0.39 is 11.2 Å². The summed E-state index contributed by atoms with van der Waals surface area (Å²) >= 11 is -0.892. The zero-order chi connectivity index (χ0) is 9.97. The van der Waals surface area contributed by atoms with E-state index >= 15 is 0 Å². The fourth-order valence-corrected chi connectivity index (χ4v) is 2.87. The Balaban J connectivity index is 2.09. The summed E-state index contributed by atoms with van der Waals surface area (Å²) in [7, 11) is 0. The van der Waals surface area contributed by atoms with Gasteiger partial charge in [0.25, 0.3) is 0 Å². The van der Waals surface area contributed by atoms with Crippen molar-refractivity contribution in [3.8, 4) is 0 Å². The maximum Gasteiger partial charge on any atom is 0.153 e. The lowest BCUT2D eigenvalue weighted by Crippen LogP contribution is -2.21. The van der Waals surface area contributed by atoms with Gasteiger partial charge >= 0.3 is 0 Å².